The van der Waals surface area contributed by atoms with E-state index in [1.54, 1.807) is 0 Å². The number of hydrogen-bond donors (Lipinski definition) is 4. The summed E-state index contributed by atoms with van der Waals surface area (Å²) in [7, 11) is 0. The van der Waals surface area contributed by atoms with Crippen molar-refractivity contribution in [2.45, 2.75) is 233 Å². The molecule has 4 nitrogen and oxygen atoms in total. The highest BCUT2D eigenvalue weighted by atomic mass is 16.3. The summed E-state index contributed by atoms with van der Waals surface area (Å²) in [5.74, 6) is 1.08. The molecule has 0 aliphatic heterocycles. The van der Waals surface area contributed by atoms with Crippen molar-refractivity contribution in [1.82, 2.24) is 0 Å². The highest BCUT2D eigenvalue weighted by Crippen LogP contribution is 2.40. The number of phenolic OH excluding ortho intramolecular Hbond substituents is 4. The summed E-state index contributed by atoms with van der Waals surface area (Å²) in [6.07, 6.45) is 34.7. The molecule has 4 heteroatoms. The summed E-state index contributed by atoms with van der Waals surface area (Å²) in [5, 5.41) is 48.9. The van der Waals surface area contributed by atoms with Crippen molar-refractivity contribution in [3.8, 4) is 23.0 Å². The summed E-state index contributed by atoms with van der Waals surface area (Å²) < 4.78 is 0. The fourth-order valence-electron chi connectivity index (χ4n) is 10.2. The molecular weight excluding hydrogens is 785 g/mol. The lowest BCUT2D eigenvalue weighted by atomic mass is 9.87. The van der Waals surface area contributed by atoms with Crippen LogP contribution in [0, 0.1) is 0 Å². The number of unbranched alkanes of at least 4 members (excludes halogenated alkanes) is 20. The van der Waals surface area contributed by atoms with E-state index in [1.165, 1.54) is 151 Å². The van der Waals surface area contributed by atoms with Crippen molar-refractivity contribution in [1.29, 1.82) is 0 Å². The third-order valence-electron chi connectivity index (χ3n) is 14.1. The molecular formula is C60H88O4. The van der Waals surface area contributed by atoms with Crippen LogP contribution >= 0.6 is 0 Å². The first-order chi connectivity index (χ1) is 31.2. The monoisotopic (exact) mass is 873 g/mol. The van der Waals surface area contributed by atoms with Gasteiger partial charge in [0.15, 0.2) is 0 Å². The van der Waals surface area contributed by atoms with Gasteiger partial charge in [-0.1, -0.05) is 205 Å². The van der Waals surface area contributed by atoms with Crippen molar-refractivity contribution < 1.29 is 20.4 Å². The Bertz CT molecular complexity index is 1610. The van der Waals surface area contributed by atoms with Gasteiger partial charge in [0.2, 0.25) is 0 Å². The van der Waals surface area contributed by atoms with E-state index in [4.69, 9.17) is 0 Å². The first-order valence-corrected chi connectivity index (χ1v) is 26.6. The Morgan fingerprint density at radius 2 is 0.406 bits per heavy atom. The molecule has 0 amide bonds. The Morgan fingerprint density at radius 1 is 0.250 bits per heavy atom. The Hall–Kier alpha value is -3.92. The summed E-state index contributed by atoms with van der Waals surface area (Å²) in [6, 6.07) is 17.4. The largest absolute Gasteiger partial charge is 0.507 e. The van der Waals surface area contributed by atoms with Gasteiger partial charge in [0.05, 0.1) is 0 Å². The fraction of sp³-hybridized carbons (Fsp3) is 0.600. The zero-order valence-electron chi connectivity index (χ0n) is 41.0. The predicted octanol–water partition coefficient (Wildman–Crippen LogP) is 16.8. The number of aryl methyl sites for hydroxylation is 4. The second-order valence-corrected chi connectivity index (χ2v) is 19.8. The highest BCUT2D eigenvalue weighted by molar-refractivity contribution is 5.57. The average Bonchev–Trinajstić information content (AvgIpc) is 3.28. The van der Waals surface area contributed by atoms with Crippen molar-refractivity contribution in [2.75, 3.05) is 0 Å². The minimum absolute atomic E-state index is 0.269. The van der Waals surface area contributed by atoms with Crippen molar-refractivity contribution >= 4 is 0 Å². The van der Waals surface area contributed by atoms with Crippen LogP contribution in [0.25, 0.3) is 0 Å². The fourth-order valence-corrected chi connectivity index (χ4v) is 10.2. The van der Waals surface area contributed by atoms with Gasteiger partial charge in [0, 0.05) is 25.7 Å². The SMILES string of the molecule is CCCCCCCCc1cc2c(O)c(c1)Cc1cc(CCCCCCCC)cc(c1O)Cc1cc(CCCCCCCC)cc(c1O)Cc1cc(CCCCCCCC)cc(c1O)C2. The normalized spacial score (nSPS) is 12.6. The summed E-state index contributed by atoms with van der Waals surface area (Å²) in [5.41, 5.74) is 11.5. The molecule has 352 valence electrons. The van der Waals surface area contributed by atoms with Gasteiger partial charge >= 0.3 is 0 Å². The van der Waals surface area contributed by atoms with Crippen molar-refractivity contribution in [3.63, 3.8) is 0 Å². The molecule has 4 aromatic carbocycles. The second-order valence-electron chi connectivity index (χ2n) is 19.8. The zero-order chi connectivity index (χ0) is 45.5. The molecule has 0 spiro atoms. The molecule has 0 unspecified atom stereocenters. The zero-order valence-corrected chi connectivity index (χ0v) is 41.0. The third-order valence-corrected chi connectivity index (χ3v) is 14.1. The number of phenols is 4. The van der Waals surface area contributed by atoms with E-state index in [2.05, 4.69) is 76.2 Å². The van der Waals surface area contributed by atoms with E-state index in [0.29, 0.717) is 25.7 Å². The second kappa shape index (κ2) is 28.2. The first-order valence-electron chi connectivity index (χ1n) is 26.6. The van der Waals surface area contributed by atoms with Gasteiger partial charge in [-0.05, 0) is 118 Å². The van der Waals surface area contributed by atoms with Crippen LogP contribution in [0.15, 0.2) is 48.5 Å². The minimum Gasteiger partial charge on any atom is -0.507 e. The Labute approximate surface area is 390 Å². The third kappa shape index (κ3) is 16.2. The number of aromatic hydroxyl groups is 4. The molecule has 0 aromatic heterocycles. The molecule has 0 radical (unpaired) electrons. The molecule has 4 N–H and O–H groups in total. The van der Waals surface area contributed by atoms with Crippen LogP contribution in [-0.4, -0.2) is 20.4 Å². The topological polar surface area (TPSA) is 80.9 Å². The molecule has 4 aromatic rings. The van der Waals surface area contributed by atoms with Gasteiger partial charge in [0.25, 0.3) is 0 Å². The van der Waals surface area contributed by atoms with Crippen LogP contribution in [0.2, 0.25) is 0 Å². The van der Waals surface area contributed by atoms with Crippen LogP contribution in [0.5, 0.6) is 23.0 Å². The number of hydrogen-bond acceptors (Lipinski definition) is 4. The van der Waals surface area contributed by atoms with E-state index in [9.17, 15) is 20.4 Å². The van der Waals surface area contributed by atoms with Gasteiger partial charge in [-0.25, -0.2) is 0 Å². The van der Waals surface area contributed by atoms with E-state index in [1.807, 2.05) is 0 Å². The van der Waals surface area contributed by atoms with E-state index in [0.717, 1.165) is 95.9 Å². The molecule has 1 aliphatic rings. The summed E-state index contributed by atoms with van der Waals surface area (Å²) in [4.78, 5) is 0. The number of rotatable bonds is 28. The standard InChI is InChI=1S/C60H88O4/c1-5-9-13-17-21-25-29-45-33-49-41-51-35-46(30-26-22-18-14-10-6-2)37-53(58(51)62)43-55-39-48(32-28-24-20-16-12-8-4)40-56(60(55)64)44-54-38-47(31-27-23-19-15-11-7-3)36-52(59(54)63)42-50(34-45)57(49)61/h33-40,61-64H,5-32,41-44H2,1-4H3. The maximum absolute atomic E-state index is 12.2. The van der Waals surface area contributed by atoms with Crippen LogP contribution in [0.4, 0.5) is 0 Å². The summed E-state index contributed by atoms with van der Waals surface area (Å²) >= 11 is 0. The molecule has 0 saturated heterocycles. The lowest BCUT2D eigenvalue weighted by Crippen LogP contribution is -2.05. The van der Waals surface area contributed by atoms with E-state index >= 15 is 0 Å². The Balaban J connectivity index is 1.61. The molecule has 64 heavy (non-hydrogen) atoms. The lowest BCUT2D eigenvalue weighted by molar-refractivity contribution is 0.450. The Morgan fingerprint density at radius 3 is 0.578 bits per heavy atom. The molecule has 5 rings (SSSR count). The van der Waals surface area contributed by atoms with Crippen molar-refractivity contribution in [2.24, 2.45) is 0 Å². The van der Waals surface area contributed by atoms with Crippen LogP contribution < -0.4 is 0 Å². The smallest absolute Gasteiger partial charge is 0.122 e. The maximum Gasteiger partial charge on any atom is 0.122 e. The Kier molecular flexibility index (Phi) is 22.5. The van der Waals surface area contributed by atoms with Crippen LogP contribution in [0.3, 0.4) is 0 Å². The van der Waals surface area contributed by atoms with Gasteiger partial charge in [-0.15, -0.1) is 0 Å². The van der Waals surface area contributed by atoms with Gasteiger partial charge in [0.1, 0.15) is 23.0 Å². The lowest BCUT2D eigenvalue weighted by Gasteiger charge is -2.20. The maximum atomic E-state index is 12.2. The van der Waals surface area contributed by atoms with Gasteiger partial charge < -0.3 is 20.4 Å². The first kappa shape index (κ1) is 51.1. The molecule has 0 heterocycles. The average molecular weight is 873 g/mol. The molecule has 0 atom stereocenters. The van der Waals surface area contributed by atoms with Gasteiger partial charge in [-0.3, -0.25) is 0 Å². The van der Waals surface area contributed by atoms with E-state index in [-0.39, 0.29) is 23.0 Å². The predicted molar refractivity (Wildman–Crippen MR) is 272 cm³/mol. The quantitative estimate of drug-likeness (QED) is 0.0378. The minimum atomic E-state index is 0.269. The molecule has 8 bridgehead atoms. The molecule has 1 aliphatic carbocycles. The highest BCUT2D eigenvalue weighted by Gasteiger charge is 2.22. The number of benzene rings is 4. The molecule has 0 saturated carbocycles. The van der Waals surface area contributed by atoms with Gasteiger partial charge in [-0.2, -0.15) is 0 Å². The molecule has 0 fully saturated rings. The van der Waals surface area contributed by atoms with Crippen molar-refractivity contribution in [3.05, 3.63) is 115 Å². The number of fused-ring (bicyclic) bond motifs is 8. The summed E-state index contributed by atoms with van der Waals surface area (Å²) in [6.45, 7) is 9.04. The van der Waals surface area contributed by atoms with Crippen LogP contribution in [0.1, 0.15) is 249 Å². The van der Waals surface area contributed by atoms with E-state index < -0.39 is 0 Å². The van der Waals surface area contributed by atoms with Crippen LogP contribution in [-0.2, 0) is 51.4 Å².